The molecule has 0 aromatic carbocycles. The zero-order valence-corrected chi connectivity index (χ0v) is 15.0. The van der Waals surface area contributed by atoms with Crippen molar-refractivity contribution < 1.29 is 14.3 Å². The lowest BCUT2D eigenvalue weighted by Gasteiger charge is -2.22. The molecule has 0 radical (unpaired) electrons. The first-order chi connectivity index (χ1) is 12.5. The summed E-state index contributed by atoms with van der Waals surface area (Å²) in [5.74, 6) is 0.332. The zero-order chi connectivity index (χ0) is 18.5. The van der Waals surface area contributed by atoms with E-state index in [1.165, 1.54) is 10.8 Å². The molecule has 3 heterocycles. The van der Waals surface area contributed by atoms with Gasteiger partial charge in [0.05, 0.1) is 6.54 Å². The Morgan fingerprint density at radius 1 is 1.19 bits per heavy atom. The molecule has 140 valence electrons. The van der Waals surface area contributed by atoms with Crippen molar-refractivity contribution in [2.45, 2.75) is 6.42 Å². The van der Waals surface area contributed by atoms with Gasteiger partial charge in [0.2, 0.25) is 11.8 Å². The van der Waals surface area contributed by atoms with Gasteiger partial charge in [0.15, 0.2) is 12.3 Å². The fourth-order valence-corrected chi connectivity index (χ4v) is 2.73. The third-order valence-electron chi connectivity index (χ3n) is 4.28. The minimum atomic E-state index is -0.0866. The number of fused-ring (bicyclic) bond motifs is 1. The van der Waals surface area contributed by atoms with Crippen LogP contribution in [0.4, 0.5) is 0 Å². The smallest absolute Gasteiger partial charge is 0.260 e. The molecule has 1 aliphatic rings. The van der Waals surface area contributed by atoms with Gasteiger partial charge in [0.25, 0.3) is 5.91 Å². The Morgan fingerprint density at radius 2 is 2.04 bits per heavy atom. The van der Waals surface area contributed by atoms with Gasteiger partial charge in [-0.3, -0.25) is 14.5 Å². The Morgan fingerprint density at radius 3 is 2.85 bits per heavy atom. The van der Waals surface area contributed by atoms with E-state index in [1.807, 2.05) is 0 Å². The number of carbonyl (C=O) groups is 2. The maximum Gasteiger partial charge on any atom is 0.260 e. The van der Waals surface area contributed by atoms with Crippen LogP contribution in [0.5, 0.6) is 5.88 Å². The number of ether oxygens (including phenoxy) is 1. The van der Waals surface area contributed by atoms with Gasteiger partial charge in [-0.05, 0) is 12.5 Å². The average Bonchev–Trinajstić information content (AvgIpc) is 2.97. The van der Waals surface area contributed by atoms with Crippen LogP contribution in [0.2, 0.25) is 0 Å². The summed E-state index contributed by atoms with van der Waals surface area (Å²) >= 11 is 0. The summed E-state index contributed by atoms with van der Waals surface area (Å²) in [6, 6.07) is 3.39. The Bertz CT molecular complexity index is 776. The molecule has 10 nitrogen and oxygen atoms in total. The van der Waals surface area contributed by atoms with E-state index in [1.54, 1.807) is 36.0 Å². The van der Waals surface area contributed by atoms with Gasteiger partial charge in [-0.25, -0.2) is 0 Å². The second-order valence-corrected chi connectivity index (χ2v) is 6.39. The molecule has 0 bridgehead atoms. The van der Waals surface area contributed by atoms with Gasteiger partial charge >= 0.3 is 0 Å². The minimum absolute atomic E-state index is 0.0722. The number of nitrogens with zero attached hydrogens (tertiary/aromatic N) is 7. The lowest BCUT2D eigenvalue weighted by molar-refractivity contribution is -0.133. The fourth-order valence-electron chi connectivity index (χ4n) is 2.73. The standard InChI is InChI=1S/C16H23N7O3/c1-20(2)15(24)10-21-6-3-7-22(9-8-21)16(25)11-26-14-5-4-13-18-17-12-23(13)19-14/h4-5,12H,3,6-11H2,1-2H3. The molecule has 0 spiro atoms. The summed E-state index contributed by atoms with van der Waals surface area (Å²) in [6.45, 7) is 3.03. The van der Waals surface area contributed by atoms with Crippen molar-refractivity contribution in [1.82, 2.24) is 34.5 Å². The number of hydrogen-bond acceptors (Lipinski definition) is 7. The number of carbonyl (C=O) groups excluding carboxylic acids is 2. The highest BCUT2D eigenvalue weighted by Gasteiger charge is 2.21. The SMILES string of the molecule is CN(C)C(=O)CN1CCCN(C(=O)COc2ccc3nncn3n2)CC1. The van der Waals surface area contributed by atoms with Gasteiger partial charge in [-0.15, -0.1) is 15.3 Å². The predicted octanol–water partition coefficient (Wildman–Crippen LogP) is -0.874. The van der Waals surface area contributed by atoms with E-state index in [4.69, 9.17) is 4.74 Å². The molecule has 0 aliphatic carbocycles. The highest BCUT2D eigenvalue weighted by Crippen LogP contribution is 2.08. The van der Waals surface area contributed by atoms with Crippen LogP contribution < -0.4 is 4.74 Å². The highest BCUT2D eigenvalue weighted by molar-refractivity contribution is 5.78. The van der Waals surface area contributed by atoms with Gasteiger partial charge in [-0.1, -0.05) is 0 Å². The van der Waals surface area contributed by atoms with Crippen LogP contribution in [0, 0.1) is 0 Å². The van der Waals surface area contributed by atoms with Crippen LogP contribution in [0.1, 0.15) is 6.42 Å². The summed E-state index contributed by atoms with van der Waals surface area (Å²) < 4.78 is 7.00. The summed E-state index contributed by atoms with van der Waals surface area (Å²) in [6.07, 6.45) is 2.31. The van der Waals surface area contributed by atoms with Crippen molar-refractivity contribution in [1.29, 1.82) is 0 Å². The molecule has 2 amide bonds. The van der Waals surface area contributed by atoms with Crippen LogP contribution in [0.25, 0.3) is 5.65 Å². The third-order valence-corrected chi connectivity index (χ3v) is 4.28. The number of rotatable bonds is 5. The summed E-state index contributed by atoms with van der Waals surface area (Å²) in [5, 5.41) is 11.8. The highest BCUT2D eigenvalue weighted by atomic mass is 16.5. The third kappa shape index (κ3) is 4.45. The molecule has 0 N–H and O–H groups in total. The first kappa shape index (κ1) is 18.1. The van der Waals surface area contributed by atoms with E-state index < -0.39 is 0 Å². The van der Waals surface area contributed by atoms with E-state index in [0.29, 0.717) is 37.7 Å². The van der Waals surface area contributed by atoms with E-state index in [0.717, 1.165) is 13.0 Å². The molecule has 26 heavy (non-hydrogen) atoms. The van der Waals surface area contributed by atoms with Crippen molar-refractivity contribution in [3.05, 3.63) is 18.5 Å². The quantitative estimate of drug-likeness (QED) is 0.683. The second kappa shape index (κ2) is 8.09. The van der Waals surface area contributed by atoms with E-state index in [9.17, 15) is 9.59 Å². The number of hydrogen-bond donors (Lipinski definition) is 0. The molecule has 2 aromatic heterocycles. The molecule has 10 heteroatoms. The van der Waals surface area contributed by atoms with Crippen LogP contribution in [-0.4, -0.2) is 99.8 Å². The maximum atomic E-state index is 12.4. The summed E-state index contributed by atoms with van der Waals surface area (Å²) in [4.78, 5) is 29.7. The van der Waals surface area contributed by atoms with Crippen molar-refractivity contribution in [3.8, 4) is 5.88 Å². The predicted molar refractivity (Wildman–Crippen MR) is 92.6 cm³/mol. The van der Waals surface area contributed by atoms with Gasteiger partial charge in [0, 0.05) is 46.3 Å². The molecule has 1 aliphatic heterocycles. The molecule has 1 fully saturated rings. The summed E-state index contributed by atoms with van der Waals surface area (Å²) in [7, 11) is 3.50. The fraction of sp³-hybridized carbons (Fsp3) is 0.562. The molecular weight excluding hydrogens is 338 g/mol. The monoisotopic (exact) mass is 361 g/mol. The van der Waals surface area contributed by atoms with Crippen LogP contribution in [-0.2, 0) is 9.59 Å². The molecule has 0 unspecified atom stereocenters. The first-order valence-corrected chi connectivity index (χ1v) is 8.53. The molecule has 0 saturated carbocycles. The molecule has 0 atom stereocenters. The number of amides is 2. The van der Waals surface area contributed by atoms with Crippen LogP contribution in [0.3, 0.4) is 0 Å². The lowest BCUT2D eigenvalue weighted by atomic mass is 10.3. The summed E-state index contributed by atoms with van der Waals surface area (Å²) in [5.41, 5.74) is 0.614. The number of likely N-dealkylation sites (N-methyl/N-ethyl adjacent to an activating group) is 1. The lowest BCUT2D eigenvalue weighted by Crippen LogP contribution is -2.40. The molecule has 1 saturated heterocycles. The topological polar surface area (TPSA) is 96.2 Å². The van der Waals surface area contributed by atoms with Crippen molar-refractivity contribution in [2.24, 2.45) is 0 Å². The van der Waals surface area contributed by atoms with E-state index >= 15 is 0 Å². The van der Waals surface area contributed by atoms with Crippen LogP contribution in [0.15, 0.2) is 18.5 Å². The van der Waals surface area contributed by atoms with Crippen molar-refractivity contribution in [3.63, 3.8) is 0 Å². The largest absolute Gasteiger partial charge is 0.467 e. The normalized spacial score (nSPS) is 15.7. The average molecular weight is 361 g/mol. The van der Waals surface area contributed by atoms with Crippen molar-refractivity contribution in [2.75, 3.05) is 53.4 Å². The van der Waals surface area contributed by atoms with Gasteiger partial charge < -0.3 is 14.5 Å². The van der Waals surface area contributed by atoms with Gasteiger partial charge in [0.1, 0.15) is 6.33 Å². The zero-order valence-electron chi connectivity index (χ0n) is 15.0. The Labute approximate surface area is 151 Å². The van der Waals surface area contributed by atoms with Gasteiger partial charge in [-0.2, -0.15) is 4.52 Å². The van der Waals surface area contributed by atoms with E-state index in [-0.39, 0.29) is 18.4 Å². The first-order valence-electron chi connectivity index (χ1n) is 8.53. The Kier molecular flexibility index (Phi) is 5.61. The van der Waals surface area contributed by atoms with Crippen LogP contribution >= 0.6 is 0 Å². The Hall–Kier alpha value is -2.75. The molecular formula is C16H23N7O3. The molecule has 2 aromatic rings. The Balaban J connectivity index is 1.49. The minimum Gasteiger partial charge on any atom is -0.467 e. The maximum absolute atomic E-state index is 12.4. The molecule has 3 rings (SSSR count). The number of aromatic nitrogens is 4. The van der Waals surface area contributed by atoms with E-state index in [2.05, 4.69) is 20.2 Å². The van der Waals surface area contributed by atoms with Crippen molar-refractivity contribution >= 4 is 17.5 Å². The second-order valence-electron chi connectivity index (χ2n) is 6.39.